The molecule has 3 rings (SSSR count). The van der Waals surface area contributed by atoms with Crippen molar-refractivity contribution in [1.82, 2.24) is 4.98 Å². The fourth-order valence-corrected chi connectivity index (χ4v) is 4.03. The molecule has 1 aromatic heterocycles. The molecular formula is C23H19BrCl2N4O2. The molecule has 6 nitrogen and oxygen atoms in total. The lowest BCUT2D eigenvalue weighted by Crippen LogP contribution is -2.03. The van der Waals surface area contributed by atoms with Gasteiger partial charge in [0, 0.05) is 23.4 Å². The fraction of sp³-hybridized carbons (Fsp3) is 0.174. The Morgan fingerprint density at radius 2 is 1.94 bits per heavy atom. The molecule has 0 atom stereocenters. The standard InChI is InChI=1S/C23H19BrCl2N4O2/c1-14-7-17(13-31-2)19(10-27)23(29-14)30-28-11-16-8-20(24)22(21(26)9-16)32-12-15-3-5-18(25)6-4-15/h3-9,11H,12-13H2,1-2H3,(H,29,30)/b28-11-. The van der Waals surface area contributed by atoms with Crippen molar-refractivity contribution in [1.29, 1.82) is 5.26 Å². The van der Waals surface area contributed by atoms with Crippen LogP contribution in [0.3, 0.4) is 0 Å². The van der Waals surface area contributed by atoms with Crippen LogP contribution in [0.25, 0.3) is 0 Å². The number of aryl methyl sites for hydroxylation is 1. The summed E-state index contributed by atoms with van der Waals surface area (Å²) in [5, 5.41) is 14.8. The Morgan fingerprint density at radius 1 is 1.19 bits per heavy atom. The minimum atomic E-state index is 0.310. The molecule has 2 aromatic carbocycles. The van der Waals surface area contributed by atoms with Gasteiger partial charge in [0.25, 0.3) is 0 Å². The zero-order valence-electron chi connectivity index (χ0n) is 17.3. The first kappa shape index (κ1) is 24.0. The predicted octanol–water partition coefficient (Wildman–Crippen LogP) is 6.50. The Hall–Kier alpha value is -2.63. The maximum atomic E-state index is 9.50. The molecule has 0 unspecified atom stereocenters. The minimum Gasteiger partial charge on any atom is -0.486 e. The normalized spacial score (nSPS) is 10.9. The highest BCUT2D eigenvalue weighted by Crippen LogP contribution is 2.34. The molecule has 3 aromatic rings. The molecule has 0 bridgehead atoms. The third-order valence-electron chi connectivity index (χ3n) is 4.34. The molecule has 9 heteroatoms. The number of anilines is 1. The van der Waals surface area contributed by atoms with Crippen LogP contribution >= 0.6 is 39.1 Å². The van der Waals surface area contributed by atoms with Crippen molar-refractivity contribution in [2.75, 3.05) is 12.5 Å². The van der Waals surface area contributed by atoms with Gasteiger partial charge in [-0.2, -0.15) is 10.4 Å². The summed E-state index contributed by atoms with van der Waals surface area (Å²) in [5.74, 6) is 0.895. The van der Waals surface area contributed by atoms with E-state index in [-0.39, 0.29) is 0 Å². The molecule has 0 aliphatic rings. The van der Waals surface area contributed by atoms with Crippen molar-refractivity contribution in [3.8, 4) is 11.8 Å². The predicted molar refractivity (Wildman–Crippen MR) is 131 cm³/mol. The van der Waals surface area contributed by atoms with Gasteiger partial charge in [0.05, 0.1) is 22.3 Å². The molecule has 1 heterocycles. The van der Waals surface area contributed by atoms with E-state index in [0.29, 0.717) is 44.9 Å². The number of nitrogens with one attached hydrogen (secondary N) is 1. The molecule has 0 radical (unpaired) electrons. The summed E-state index contributed by atoms with van der Waals surface area (Å²) in [5.41, 5.74) is 6.43. The minimum absolute atomic E-state index is 0.310. The van der Waals surface area contributed by atoms with Gasteiger partial charge in [-0.3, -0.25) is 5.43 Å². The van der Waals surface area contributed by atoms with Gasteiger partial charge in [0.15, 0.2) is 11.6 Å². The number of hydrogen-bond acceptors (Lipinski definition) is 6. The van der Waals surface area contributed by atoms with Gasteiger partial charge in [-0.05, 0) is 64.3 Å². The smallest absolute Gasteiger partial charge is 0.164 e. The van der Waals surface area contributed by atoms with E-state index in [2.05, 4.69) is 37.5 Å². The third kappa shape index (κ3) is 6.21. The number of nitrogens with zero attached hydrogens (tertiary/aromatic N) is 3. The number of halogens is 3. The molecule has 0 spiro atoms. The molecule has 0 aliphatic heterocycles. The highest BCUT2D eigenvalue weighted by Gasteiger charge is 2.12. The van der Waals surface area contributed by atoms with Gasteiger partial charge in [-0.25, -0.2) is 4.98 Å². The maximum absolute atomic E-state index is 9.50. The summed E-state index contributed by atoms with van der Waals surface area (Å²) in [6.07, 6.45) is 1.58. The Balaban J connectivity index is 1.73. The Bertz CT molecular complexity index is 1150. The molecular weight excluding hydrogens is 515 g/mol. The lowest BCUT2D eigenvalue weighted by molar-refractivity contribution is 0.184. The van der Waals surface area contributed by atoms with Crippen LogP contribution in [-0.2, 0) is 18.0 Å². The Labute approximate surface area is 204 Å². The number of aromatic nitrogens is 1. The van der Waals surface area contributed by atoms with E-state index in [4.69, 9.17) is 32.7 Å². The monoisotopic (exact) mass is 532 g/mol. The van der Waals surface area contributed by atoms with Crippen molar-refractivity contribution in [2.24, 2.45) is 5.10 Å². The third-order valence-corrected chi connectivity index (χ3v) is 5.46. The highest BCUT2D eigenvalue weighted by atomic mass is 79.9. The summed E-state index contributed by atoms with van der Waals surface area (Å²) in [6, 6.07) is 14.9. The van der Waals surface area contributed by atoms with Crippen LogP contribution in [0.1, 0.15) is 27.9 Å². The van der Waals surface area contributed by atoms with E-state index in [9.17, 15) is 5.26 Å². The number of hydrazone groups is 1. The van der Waals surface area contributed by atoms with Gasteiger partial charge < -0.3 is 9.47 Å². The van der Waals surface area contributed by atoms with E-state index in [1.54, 1.807) is 19.4 Å². The van der Waals surface area contributed by atoms with Gasteiger partial charge in [-0.1, -0.05) is 35.3 Å². The van der Waals surface area contributed by atoms with Crippen LogP contribution in [0.5, 0.6) is 5.75 Å². The Kier molecular flexibility index (Phi) is 8.48. The summed E-state index contributed by atoms with van der Waals surface area (Å²) in [7, 11) is 1.58. The van der Waals surface area contributed by atoms with Crippen LogP contribution in [0.15, 0.2) is 52.0 Å². The lowest BCUT2D eigenvalue weighted by atomic mass is 10.1. The average Bonchev–Trinajstić information content (AvgIpc) is 2.74. The second-order valence-electron chi connectivity index (χ2n) is 6.79. The number of rotatable bonds is 8. The quantitative estimate of drug-likeness (QED) is 0.264. The largest absolute Gasteiger partial charge is 0.486 e. The molecule has 0 fully saturated rings. The first-order chi connectivity index (χ1) is 15.4. The molecule has 1 N–H and O–H groups in total. The number of hydrogen-bond donors (Lipinski definition) is 1. The van der Waals surface area contributed by atoms with Crippen LogP contribution in [0.4, 0.5) is 5.82 Å². The van der Waals surface area contributed by atoms with E-state index < -0.39 is 0 Å². The first-order valence-corrected chi connectivity index (χ1v) is 11.0. The number of nitriles is 1. The fourth-order valence-electron chi connectivity index (χ4n) is 2.91. The van der Waals surface area contributed by atoms with Gasteiger partial charge >= 0.3 is 0 Å². The molecule has 32 heavy (non-hydrogen) atoms. The first-order valence-electron chi connectivity index (χ1n) is 9.46. The second kappa shape index (κ2) is 11.3. The summed E-state index contributed by atoms with van der Waals surface area (Å²) in [6.45, 7) is 2.50. The van der Waals surface area contributed by atoms with Crippen molar-refractivity contribution in [2.45, 2.75) is 20.1 Å². The molecule has 0 aliphatic carbocycles. The number of benzene rings is 2. The van der Waals surface area contributed by atoms with E-state index in [1.807, 2.05) is 43.3 Å². The zero-order chi connectivity index (χ0) is 23.1. The van der Waals surface area contributed by atoms with Gasteiger partial charge in [-0.15, -0.1) is 0 Å². The lowest BCUT2D eigenvalue weighted by Gasteiger charge is -2.11. The number of pyridine rings is 1. The van der Waals surface area contributed by atoms with Gasteiger partial charge in [0.2, 0.25) is 0 Å². The van der Waals surface area contributed by atoms with E-state index in [0.717, 1.165) is 22.4 Å². The summed E-state index contributed by atoms with van der Waals surface area (Å²) < 4.78 is 11.7. The van der Waals surface area contributed by atoms with Crippen molar-refractivity contribution >= 4 is 51.2 Å². The SMILES string of the molecule is COCc1cc(C)nc(N/N=C\c2cc(Cl)c(OCc3ccc(Cl)cc3)c(Br)c2)c1C#N. The van der Waals surface area contributed by atoms with Crippen molar-refractivity contribution < 1.29 is 9.47 Å². The van der Waals surface area contributed by atoms with Crippen LogP contribution in [-0.4, -0.2) is 18.3 Å². The molecule has 0 amide bonds. The molecule has 0 saturated heterocycles. The van der Waals surface area contributed by atoms with E-state index >= 15 is 0 Å². The van der Waals surface area contributed by atoms with E-state index in [1.165, 1.54) is 0 Å². The molecule has 0 saturated carbocycles. The van der Waals surface area contributed by atoms with Crippen molar-refractivity contribution in [3.05, 3.63) is 84.9 Å². The second-order valence-corrected chi connectivity index (χ2v) is 8.49. The van der Waals surface area contributed by atoms with Gasteiger partial charge in [0.1, 0.15) is 18.2 Å². The number of methoxy groups -OCH3 is 1. The topological polar surface area (TPSA) is 79.5 Å². The van der Waals surface area contributed by atoms with Crippen LogP contribution in [0, 0.1) is 18.3 Å². The summed E-state index contributed by atoms with van der Waals surface area (Å²) in [4.78, 5) is 4.36. The van der Waals surface area contributed by atoms with Crippen LogP contribution in [0.2, 0.25) is 10.0 Å². The zero-order valence-corrected chi connectivity index (χ0v) is 20.4. The van der Waals surface area contributed by atoms with Crippen molar-refractivity contribution in [3.63, 3.8) is 0 Å². The average molecular weight is 534 g/mol. The summed E-state index contributed by atoms with van der Waals surface area (Å²) >= 11 is 15.8. The highest BCUT2D eigenvalue weighted by molar-refractivity contribution is 9.10. The Morgan fingerprint density at radius 3 is 2.59 bits per heavy atom. The molecule has 164 valence electrons. The maximum Gasteiger partial charge on any atom is 0.164 e. The van der Waals surface area contributed by atoms with Crippen LogP contribution < -0.4 is 10.2 Å². The number of ether oxygens (including phenoxy) is 2.